The number of carbonyl (C=O) groups is 2. The third-order valence-electron chi connectivity index (χ3n) is 5.45. The zero-order chi connectivity index (χ0) is 20.9. The van der Waals surface area contributed by atoms with Crippen molar-refractivity contribution in [3.63, 3.8) is 0 Å². The summed E-state index contributed by atoms with van der Waals surface area (Å²) in [6.45, 7) is 6.33. The number of anilines is 1. The summed E-state index contributed by atoms with van der Waals surface area (Å²) in [5.74, 6) is 0.167. The van der Waals surface area contributed by atoms with Crippen molar-refractivity contribution in [1.82, 2.24) is 15.1 Å². The number of nitrogens with zero attached hydrogens (tertiary/aromatic N) is 3. The van der Waals surface area contributed by atoms with Crippen LogP contribution in [-0.2, 0) is 16.1 Å². The maximum atomic E-state index is 12.3. The van der Waals surface area contributed by atoms with Gasteiger partial charge in [0.15, 0.2) is 0 Å². The highest BCUT2D eigenvalue weighted by atomic mass is 16.2. The lowest BCUT2D eigenvalue weighted by Crippen LogP contribution is -2.51. The Morgan fingerprint density at radius 1 is 1.07 bits per heavy atom. The first kappa shape index (κ1) is 20.1. The fourth-order valence-corrected chi connectivity index (χ4v) is 3.71. The van der Waals surface area contributed by atoms with Crippen LogP contribution in [0.5, 0.6) is 0 Å². The maximum Gasteiger partial charge on any atom is 0.252 e. The van der Waals surface area contributed by atoms with Gasteiger partial charge >= 0.3 is 0 Å². The molecule has 2 N–H and O–H groups in total. The lowest BCUT2D eigenvalue weighted by Gasteiger charge is -2.35. The molecule has 0 bridgehead atoms. The molecule has 2 aliphatic rings. The van der Waals surface area contributed by atoms with Gasteiger partial charge in [-0.3, -0.25) is 19.8 Å². The quantitative estimate of drug-likeness (QED) is 0.798. The fraction of sp³-hybridized carbons (Fsp3) is 0.348. The van der Waals surface area contributed by atoms with E-state index in [4.69, 9.17) is 0 Å². The molecule has 0 saturated carbocycles. The molecule has 2 aliphatic heterocycles. The summed E-state index contributed by atoms with van der Waals surface area (Å²) in [5, 5.41) is 5.68. The Hall–Kier alpha value is -3.19. The largest absolute Gasteiger partial charge is 0.340 e. The first-order valence-corrected chi connectivity index (χ1v) is 10.3. The molecular weight excluding hydrogens is 378 g/mol. The Labute approximate surface area is 176 Å². The van der Waals surface area contributed by atoms with E-state index in [1.165, 1.54) is 5.56 Å². The first-order valence-electron chi connectivity index (χ1n) is 10.3. The van der Waals surface area contributed by atoms with Crippen LogP contribution in [0.2, 0.25) is 0 Å². The third-order valence-corrected chi connectivity index (χ3v) is 5.45. The van der Waals surface area contributed by atoms with E-state index in [1.807, 2.05) is 37.3 Å². The van der Waals surface area contributed by atoms with E-state index in [0.29, 0.717) is 5.96 Å². The Morgan fingerprint density at radius 2 is 1.77 bits per heavy atom. The minimum atomic E-state index is -0.673. The smallest absolute Gasteiger partial charge is 0.252 e. The number of nitrogens with one attached hydrogen (secondary N) is 2. The summed E-state index contributed by atoms with van der Waals surface area (Å²) in [6, 6.07) is 17.3. The molecule has 7 heteroatoms. The van der Waals surface area contributed by atoms with Gasteiger partial charge in [0.25, 0.3) is 5.91 Å². The maximum absolute atomic E-state index is 12.3. The summed E-state index contributed by atoms with van der Waals surface area (Å²) in [7, 11) is 0. The third kappa shape index (κ3) is 5.04. The van der Waals surface area contributed by atoms with E-state index in [2.05, 4.69) is 49.7 Å². The van der Waals surface area contributed by atoms with Crippen LogP contribution in [0.4, 0.5) is 5.69 Å². The highest BCUT2D eigenvalue weighted by Gasteiger charge is 2.32. The highest BCUT2D eigenvalue weighted by Crippen LogP contribution is 2.14. The van der Waals surface area contributed by atoms with E-state index >= 15 is 0 Å². The van der Waals surface area contributed by atoms with Gasteiger partial charge in [0, 0.05) is 38.4 Å². The molecule has 7 nitrogen and oxygen atoms in total. The summed E-state index contributed by atoms with van der Waals surface area (Å²) in [5.41, 5.74) is 3.15. The van der Waals surface area contributed by atoms with Gasteiger partial charge < -0.3 is 10.2 Å². The lowest BCUT2D eigenvalue weighted by atomic mass is 10.2. The van der Waals surface area contributed by atoms with Crippen LogP contribution in [0.1, 0.15) is 17.5 Å². The molecule has 0 spiro atoms. The van der Waals surface area contributed by atoms with E-state index in [9.17, 15) is 9.59 Å². The number of guanidine groups is 1. The van der Waals surface area contributed by atoms with Gasteiger partial charge in [-0.05, 0) is 24.6 Å². The molecule has 1 atom stereocenters. The van der Waals surface area contributed by atoms with E-state index in [1.54, 1.807) is 0 Å². The predicted molar refractivity (Wildman–Crippen MR) is 117 cm³/mol. The number of hydrogen-bond acceptors (Lipinski definition) is 5. The van der Waals surface area contributed by atoms with Crippen LogP contribution >= 0.6 is 0 Å². The van der Waals surface area contributed by atoms with E-state index in [-0.39, 0.29) is 18.2 Å². The van der Waals surface area contributed by atoms with Crippen LogP contribution in [0, 0.1) is 6.92 Å². The van der Waals surface area contributed by atoms with Crippen LogP contribution in [0.25, 0.3) is 0 Å². The van der Waals surface area contributed by atoms with Crippen molar-refractivity contribution in [2.75, 3.05) is 31.5 Å². The zero-order valence-corrected chi connectivity index (χ0v) is 17.2. The standard InChI is InChI=1S/C23H27N5O2/c1-17-7-9-19(10-8-17)24-21(29)15-20-22(30)26-23(25-20)28-13-11-27(12-14-28)16-18-5-3-2-4-6-18/h2-10,20H,11-16H2,1H3,(H,24,29)(H,25,26,30)/t20-/m0/s1. The molecule has 2 aromatic rings. The van der Waals surface area contributed by atoms with Crippen LogP contribution < -0.4 is 10.6 Å². The topological polar surface area (TPSA) is 77.0 Å². The normalized spacial score (nSPS) is 19.4. The average Bonchev–Trinajstić information content (AvgIpc) is 3.11. The van der Waals surface area contributed by atoms with Gasteiger partial charge in [0.2, 0.25) is 11.9 Å². The van der Waals surface area contributed by atoms with Crippen molar-refractivity contribution in [1.29, 1.82) is 0 Å². The second-order valence-electron chi connectivity index (χ2n) is 7.82. The van der Waals surface area contributed by atoms with Crippen LogP contribution in [0.3, 0.4) is 0 Å². The fourth-order valence-electron chi connectivity index (χ4n) is 3.71. The molecule has 2 aromatic carbocycles. The summed E-state index contributed by atoms with van der Waals surface area (Å²) in [4.78, 5) is 33.6. The molecule has 4 rings (SSSR count). The van der Waals surface area contributed by atoms with Crippen LogP contribution in [-0.4, -0.2) is 59.8 Å². The molecule has 1 fully saturated rings. The van der Waals surface area contributed by atoms with Crippen LogP contribution in [0.15, 0.2) is 59.6 Å². The van der Waals surface area contributed by atoms with Crippen molar-refractivity contribution in [3.05, 3.63) is 65.7 Å². The predicted octanol–water partition coefficient (Wildman–Crippen LogP) is 2.00. The molecule has 2 amide bonds. The lowest BCUT2D eigenvalue weighted by molar-refractivity contribution is -0.124. The van der Waals surface area contributed by atoms with Crippen molar-refractivity contribution in [2.24, 2.45) is 4.99 Å². The average molecular weight is 406 g/mol. The van der Waals surface area contributed by atoms with Crippen molar-refractivity contribution < 1.29 is 9.59 Å². The first-order chi connectivity index (χ1) is 14.6. The summed E-state index contributed by atoms with van der Waals surface area (Å²) >= 11 is 0. The molecular formula is C23H27N5O2. The van der Waals surface area contributed by atoms with Gasteiger partial charge in [0.05, 0.1) is 6.42 Å². The van der Waals surface area contributed by atoms with Gasteiger partial charge in [-0.2, -0.15) is 0 Å². The molecule has 30 heavy (non-hydrogen) atoms. The number of amides is 2. The van der Waals surface area contributed by atoms with Crippen molar-refractivity contribution in [3.8, 4) is 0 Å². The zero-order valence-electron chi connectivity index (χ0n) is 17.2. The Kier molecular flexibility index (Phi) is 6.09. The van der Waals surface area contributed by atoms with E-state index < -0.39 is 6.04 Å². The number of piperazine rings is 1. The number of aliphatic imine (C=N–C) groups is 1. The number of hydrogen-bond donors (Lipinski definition) is 2. The molecule has 0 unspecified atom stereocenters. The second kappa shape index (κ2) is 9.09. The SMILES string of the molecule is Cc1ccc(NC(=O)C[C@@H]2N=C(N3CCN(Cc4ccccc4)CC3)NC2=O)cc1. The van der Waals surface area contributed by atoms with Gasteiger partial charge in [-0.25, -0.2) is 4.99 Å². The number of rotatable bonds is 5. The molecule has 0 radical (unpaired) electrons. The van der Waals surface area contributed by atoms with E-state index in [0.717, 1.165) is 44.0 Å². The number of carbonyl (C=O) groups excluding carboxylic acids is 2. The molecule has 0 aliphatic carbocycles. The van der Waals surface area contributed by atoms with Crippen molar-refractivity contribution >= 4 is 23.5 Å². The van der Waals surface area contributed by atoms with Gasteiger partial charge in [0.1, 0.15) is 6.04 Å². The Balaban J connectivity index is 1.28. The van der Waals surface area contributed by atoms with Gasteiger partial charge in [-0.15, -0.1) is 0 Å². The summed E-state index contributed by atoms with van der Waals surface area (Å²) < 4.78 is 0. The Morgan fingerprint density at radius 3 is 2.47 bits per heavy atom. The Bertz CT molecular complexity index is 918. The molecule has 0 aromatic heterocycles. The highest BCUT2D eigenvalue weighted by molar-refractivity contribution is 6.07. The monoisotopic (exact) mass is 405 g/mol. The van der Waals surface area contributed by atoms with Crippen molar-refractivity contribution in [2.45, 2.75) is 25.9 Å². The number of benzene rings is 2. The molecule has 1 saturated heterocycles. The summed E-state index contributed by atoms with van der Waals surface area (Å²) in [6.07, 6.45) is 0.0389. The molecule has 156 valence electrons. The minimum absolute atomic E-state index is 0.0389. The van der Waals surface area contributed by atoms with Gasteiger partial charge in [-0.1, -0.05) is 48.0 Å². The number of aryl methyl sites for hydroxylation is 1. The minimum Gasteiger partial charge on any atom is -0.340 e. The second-order valence-corrected chi connectivity index (χ2v) is 7.82. The molecule has 2 heterocycles.